The molecule has 1 aromatic carbocycles. The van der Waals surface area contributed by atoms with E-state index in [0.717, 1.165) is 11.0 Å². The van der Waals surface area contributed by atoms with Crippen LogP contribution in [0.3, 0.4) is 0 Å². The monoisotopic (exact) mass is 324 g/mol. The number of nitrogens with two attached hydrogens (primary N) is 1. The number of rotatable bonds is 4. The lowest BCUT2D eigenvalue weighted by Gasteiger charge is -2.40. The first-order chi connectivity index (χ1) is 9.13. The molecule has 1 fully saturated rings. The van der Waals surface area contributed by atoms with Crippen LogP contribution in [0.2, 0.25) is 0 Å². The Balaban J connectivity index is 2.08. The largest absolute Gasteiger partial charge is 0.330 e. The Morgan fingerprint density at radius 2 is 1.89 bits per heavy atom. The van der Waals surface area contributed by atoms with Gasteiger partial charge in [-0.1, -0.05) is 40.9 Å². The Morgan fingerprint density at radius 3 is 2.53 bits per heavy atom. The van der Waals surface area contributed by atoms with Crippen LogP contribution < -0.4 is 5.73 Å². The van der Waals surface area contributed by atoms with E-state index in [9.17, 15) is 0 Å². The minimum Gasteiger partial charge on any atom is -0.330 e. The number of nitrogens with zero attached hydrogens (tertiary/aromatic N) is 1. The maximum absolute atomic E-state index is 5.96. The van der Waals surface area contributed by atoms with Crippen LogP contribution in [0.15, 0.2) is 28.7 Å². The molecule has 2 N–H and O–H groups in total. The molecule has 3 unspecified atom stereocenters. The van der Waals surface area contributed by atoms with Gasteiger partial charge in [0.2, 0.25) is 0 Å². The molecule has 106 valence electrons. The van der Waals surface area contributed by atoms with Crippen LogP contribution in [0, 0.1) is 5.92 Å². The first-order valence-electron chi connectivity index (χ1n) is 7.31. The second-order valence-electron chi connectivity index (χ2n) is 5.74. The van der Waals surface area contributed by atoms with Gasteiger partial charge in [0.05, 0.1) is 0 Å². The van der Waals surface area contributed by atoms with Crippen LogP contribution >= 0.6 is 15.9 Å². The van der Waals surface area contributed by atoms with Crippen molar-refractivity contribution >= 4 is 15.9 Å². The van der Waals surface area contributed by atoms with E-state index >= 15 is 0 Å². The molecule has 19 heavy (non-hydrogen) atoms. The Hall–Kier alpha value is -0.380. The van der Waals surface area contributed by atoms with Crippen LogP contribution in [0.1, 0.15) is 44.2 Å². The van der Waals surface area contributed by atoms with Gasteiger partial charge in [-0.15, -0.1) is 0 Å². The van der Waals surface area contributed by atoms with Gasteiger partial charge < -0.3 is 5.73 Å². The number of benzene rings is 1. The quantitative estimate of drug-likeness (QED) is 0.908. The molecule has 1 aliphatic rings. The third-order valence-corrected chi connectivity index (χ3v) is 5.19. The Kier molecular flexibility index (Phi) is 5.43. The molecule has 0 amide bonds. The lowest BCUT2D eigenvalue weighted by molar-refractivity contribution is 0.0989. The lowest BCUT2D eigenvalue weighted by atomic mass is 9.83. The molecule has 0 heterocycles. The summed E-state index contributed by atoms with van der Waals surface area (Å²) in [5.41, 5.74) is 7.34. The summed E-state index contributed by atoms with van der Waals surface area (Å²) in [6.45, 7) is 3.12. The molecule has 1 aromatic rings. The summed E-state index contributed by atoms with van der Waals surface area (Å²) in [7, 11) is 2.26. The highest BCUT2D eigenvalue weighted by Crippen LogP contribution is 2.32. The molecule has 1 saturated carbocycles. The summed E-state index contributed by atoms with van der Waals surface area (Å²) in [5, 5.41) is 0. The summed E-state index contributed by atoms with van der Waals surface area (Å²) in [4.78, 5) is 2.53. The third-order valence-electron chi connectivity index (χ3n) is 4.66. The van der Waals surface area contributed by atoms with Gasteiger partial charge in [-0.3, -0.25) is 4.90 Å². The highest BCUT2D eigenvalue weighted by Gasteiger charge is 2.29. The maximum Gasteiger partial charge on any atom is 0.0319 e. The number of hydrogen-bond acceptors (Lipinski definition) is 2. The Labute approximate surface area is 125 Å². The van der Waals surface area contributed by atoms with Crippen LogP contribution in [0.25, 0.3) is 0 Å². The number of halogens is 1. The zero-order valence-corrected chi connectivity index (χ0v) is 13.6. The van der Waals surface area contributed by atoms with E-state index in [1.165, 1.54) is 31.2 Å². The third kappa shape index (κ3) is 3.59. The molecule has 2 nitrogen and oxygen atoms in total. The van der Waals surface area contributed by atoms with Gasteiger partial charge in [0, 0.05) is 16.6 Å². The molecule has 0 bridgehead atoms. The van der Waals surface area contributed by atoms with Gasteiger partial charge in [-0.05, 0) is 57.0 Å². The van der Waals surface area contributed by atoms with Crippen molar-refractivity contribution in [2.24, 2.45) is 11.7 Å². The van der Waals surface area contributed by atoms with E-state index in [4.69, 9.17) is 5.73 Å². The van der Waals surface area contributed by atoms with Crippen molar-refractivity contribution in [3.8, 4) is 0 Å². The predicted octanol–water partition coefficient (Wildman–Crippen LogP) is 3.96. The molecular formula is C16H25BrN2. The van der Waals surface area contributed by atoms with Crippen molar-refractivity contribution < 1.29 is 0 Å². The molecule has 0 aromatic heterocycles. The maximum atomic E-state index is 5.96. The molecule has 2 rings (SSSR count). The topological polar surface area (TPSA) is 29.3 Å². The first kappa shape index (κ1) is 15.0. The molecule has 3 atom stereocenters. The second kappa shape index (κ2) is 6.87. The molecule has 0 spiro atoms. The SMILES string of the molecule is CC(c1ccc(Br)cc1)N(C)C1CCCCC1CN. The van der Waals surface area contributed by atoms with Crippen molar-refractivity contribution in [3.05, 3.63) is 34.3 Å². The van der Waals surface area contributed by atoms with E-state index in [1.807, 2.05) is 0 Å². The summed E-state index contributed by atoms with van der Waals surface area (Å²) in [5.74, 6) is 0.664. The molecule has 0 saturated heterocycles. The summed E-state index contributed by atoms with van der Waals surface area (Å²) >= 11 is 3.50. The molecule has 0 aliphatic heterocycles. The molecule has 1 aliphatic carbocycles. The first-order valence-corrected chi connectivity index (χ1v) is 8.10. The van der Waals surface area contributed by atoms with Crippen molar-refractivity contribution in [1.82, 2.24) is 4.90 Å². The van der Waals surface area contributed by atoms with E-state index in [0.29, 0.717) is 18.0 Å². The van der Waals surface area contributed by atoms with E-state index in [-0.39, 0.29) is 0 Å². The molecular weight excluding hydrogens is 300 g/mol. The zero-order valence-electron chi connectivity index (χ0n) is 12.0. The summed E-state index contributed by atoms with van der Waals surface area (Å²) in [6.07, 6.45) is 5.27. The fourth-order valence-electron chi connectivity index (χ4n) is 3.26. The van der Waals surface area contributed by atoms with Crippen molar-refractivity contribution in [3.63, 3.8) is 0 Å². The van der Waals surface area contributed by atoms with Gasteiger partial charge in [0.15, 0.2) is 0 Å². The van der Waals surface area contributed by atoms with Crippen LogP contribution in [-0.4, -0.2) is 24.5 Å². The average molecular weight is 325 g/mol. The van der Waals surface area contributed by atoms with Crippen molar-refractivity contribution in [1.29, 1.82) is 0 Å². The standard InChI is InChI=1S/C16H25BrN2/c1-12(13-7-9-15(17)10-8-13)19(2)16-6-4-3-5-14(16)11-18/h7-10,12,14,16H,3-6,11,18H2,1-2H3. The van der Waals surface area contributed by atoms with Gasteiger partial charge >= 0.3 is 0 Å². The van der Waals surface area contributed by atoms with Gasteiger partial charge in [0.25, 0.3) is 0 Å². The van der Waals surface area contributed by atoms with Gasteiger partial charge in [0.1, 0.15) is 0 Å². The van der Waals surface area contributed by atoms with Crippen molar-refractivity contribution in [2.75, 3.05) is 13.6 Å². The van der Waals surface area contributed by atoms with Crippen molar-refractivity contribution in [2.45, 2.75) is 44.7 Å². The highest BCUT2D eigenvalue weighted by atomic mass is 79.9. The Morgan fingerprint density at radius 1 is 1.26 bits per heavy atom. The summed E-state index contributed by atoms with van der Waals surface area (Å²) in [6, 6.07) is 9.77. The normalized spacial score (nSPS) is 25.5. The van der Waals surface area contributed by atoms with Gasteiger partial charge in [-0.2, -0.15) is 0 Å². The second-order valence-corrected chi connectivity index (χ2v) is 6.66. The Bertz CT molecular complexity index is 390. The molecule has 3 heteroatoms. The predicted molar refractivity (Wildman–Crippen MR) is 85.1 cm³/mol. The minimum atomic E-state index is 0.449. The van der Waals surface area contributed by atoms with E-state index in [1.54, 1.807) is 0 Å². The van der Waals surface area contributed by atoms with Gasteiger partial charge in [-0.25, -0.2) is 0 Å². The van der Waals surface area contributed by atoms with E-state index < -0.39 is 0 Å². The lowest BCUT2D eigenvalue weighted by Crippen LogP contribution is -2.44. The fourth-order valence-corrected chi connectivity index (χ4v) is 3.53. The van der Waals surface area contributed by atoms with E-state index in [2.05, 4.69) is 59.1 Å². The highest BCUT2D eigenvalue weighted by molar-refractivity contribution is 9.10. The minimum absolute atomic E-state index is 0.449. The molecule has 0 radical (unpaired) electrons. The number of hydrogen-bond donors (Lipinski definition) is 1. The summed E-state index contributed by atoms with van der Waals surface area (Å²) < 4.78 is 1.14. The smallest absolute Gasteiger partial charge is 0.0319 e. The van der Waals surface area contributed by atoms with Crippen LogP contribution in [-0.2, 0) is 0 Å². The zero-order chi connectivity index (χ0) is 13.8. The average Bonchev–Trinajstić information content (AvgIpc) is 2.46. The van der Waals surface area contributed by atoms with Crippen LogP contribution in [0.5, 0.6) is 0 Å². The van der Waals surface area contributed by atoms with Crippen LogP contribution in [0.4, 0.5) is 0 Å². The fraction of sp³-hybridized carbons (Fsp3) is 0.625.